The van der Waals surface area contributed by atoms with E-state index in [-0.39, 0.29) is 66.1 Å². The number of nitrogens with zero attached hydrogens (tertiary/aromatic N) is 10. The molecular formula is C63H62BrN11O8. The molecule has 10 heterocycles. The van der Waals surface area contributed by atoms with Crippen LogP contribution in [-0.4, -0.2) is 134 Å². The summed E-state index contributed by atoms with van der Waals surface area (Å²) in [5, 5.41) is 1.74. The van der Waals surface area contributed by atoms with Crippen LogP contribution in [0.4, 0.5) is 9.59 Å². The standard InChI is InChI=1S/C32H31N5O4.C29H26BrN5O3.C2H5NO/c1-20(38)13-21-14-22-18-36(32(41)34-8-4-2-5-9-34)12-11-35-19-24(23(15-21)31(22)35)29-26(39)16-27(40)30(29)25-17-33-28-7-3-6-10-37(25)28;30-19-12-18-16-34(29(38)32-7-3-1-4-8-32)11-10-33-17-21(20(13-19)28(18)33)26-23(36)14-24(37)27(26)22-15-31-25-6-2-5-9-35(22)25;1-2(3)4/h3,6-7,10,14-15,17,19H,2,4-5,8-9,11-13,16,18H2,1H3;2,5-6,9,12-13,15,17H,1,3-4,7-8,10-11,14,16H2;1H3,(H2,3,4). The summed E-state index contributed by atoms with van der Waals surface area (Å²) in [5.41, 5.74) is 15.0. The molecule has 6 aromatic heterocycles. The summed E-state index contributed by atoms with van der Waals surface area (Å²) < 4.78 is 8.83. The lowest BCUT2D eigenvalue weighted by Gasteiger charge is -2.32. The summed E-state index contributed by atoms with van der Waals surface area (Å²) in [7, 11) is 0. The van der Waals surface area contributed by atoms with Gasteiger partial charge in [-0.3, -0.25) is 37.6 Å². The minimum absolute atomic E-state index is 0.0326. The zero-order valence-electron chi connectivity index (χ0n) is 46.4. The highest BCUT2D eigenvalue weighted by Gasteiger charge is 2.39. The van der Waals surface area contributed by atoms with Gasteiger partial charge in [-0.1, -0.05) is 34.1 Å². The van der Waals surface area contributed by atoms with Crippen molar-refractivity contribution >= 4 is 118 Å². The monoisotopic (exact) mass is 1180 g/mol. The zero-order chi connectivity index (χ0) is 57.8. The first kappa shape index (κ1) is 54.8. The maximum atomic E-state index is 13.5. The largest absolute Gasteiger partial charge is 0.370 e. The van der Waals surface area contributed by atoms with Gasteiger partial charge in [-0.05, 0) is 105 Å². The Morgan fingerprint density at radius 2 is 0.964 bits per heavy atom. The lowest BCUT2D eigenvalue weighted by atomic mass is 9.95. The maximum absolute atomic E-state index is 13.5. The van der Waals surface area contributed by atoms with E-state index in [9.17, 15) is 38.4 Å². The lowest BCUT2D eigenvalue weighted by Crippen LogP contribution is -2.45. The first-order chi connectivity index (χ1) is 40.1. The molecule has 2 saturated heterocycles. The predicted molar refractivity (Wildman–Crippen MR) is 317 cm³/mol. The lowest BCUT2D eigenvalue weighted by molar-refractivity contribution is -0.121. The highest BCUT2D eigenvalue weighted by molar-refractivity contribution is 9.10. The number of likely N-dealkylation sites (tertiary alicyclic amines) is 2. The highest BCUT2D eigenvalue weighted by Crippen LogP contribution is 2.44. The maximum Gasteiger partial charge on any atom is 0.320 e. The van der Waals surface area contributed by atoms with Gasteiger partial charge in [-0.2, -0.15) is 0 Å². The number of allylic oxidation sites excluding steroid dienone is 4. The quantitative estimate of drug-likeness (QED) is 0.156. The first-order valence-corrected chi connectivity index (χ1v) is 29.2. The Labute approximate surface area is 486 Å². The molecule has 0 bridgehead atoms. The van der Waals surface area contributed by atoms with Gasteiger partial charge in [0.05, 0.1) is 58.8 Å². The van der Waals surface area contributed by atoms with Crippen LogP contribution in [0.1, 0.15) is 104 Å². The van der Waals surface area contributed by atoms with Gasteiger partial charge in [0, 0.05) is 141 Å². The number of pyridine rings is 2. The van der Waals surface area contributed by atoms with E-state index >= 15 is 0 Å². The molecule has 5 amide bonds. The van der Waals surface area contributed by atoms with Crippen molar-refractivity contribution in [3.63, 3.8) is 0 Å². The summed E-state index contributed by atoms with van der Waals surface area (Å²) in [6.45, 7) is 9.27. The molecule has 6 aliphatic rings. The number of hydrogen-bond acceptors (Lipinski definition) is 10. The Kier molecular flexibility index (Phi) is 14.9. The molecule has 0 radical (unpaired) electrons. The van der Waals surface area contributed by atoms with Gasteiger partial charge in [0.2, 0.25) is 5.91 Å². The number of nitrogens with two attached hydrogens (primary N) is 1. The van der Waals surface area contributed by atoms with Crippen molar-refractivity contribution < 1.29 is 38.4 Å². The number of hydrogen-bond donors (Lipinski definition) is 1. The van der Waals surface area contributed by atoms with Gasteiger partial charge in [0.15, 0.2) is 23.1 Å². The number of urea groups is 2. The molecule has 4 aliphatic heterocycles. The van der Waals surface area contributed by atoms with Gasteiger partial charge < -0.3 is 34.5 Å². The second kappa shape index (κ2) is 22.5. The molecular weight excluding hydrogens is 1120 g/mol. The number of aromatic nitrogens is 6. The molecule has 424 valence electrons. The molecule has 19 nitrogen and oxygen atoms in total. The number of ketones is 5. The molecule has 2 fully saturated rings. The molecule has 0 unspecified atom stereocenters. The topological polar surface area (TPSA) is 220 Å². The molecule has 2 aliphatic carbocycles. The van der Waals surface area contributed by atoms with E-state index in [2.05, 4.69) is 46.8 Å². The molecule has 83 heavy (non-hydrogen) atoms. The van der Waals surface area contributed by atoms with Crippen molar-refractivity contribution in [2.45, 2.75) is 97.8 Å². The Bertz CT molecular complexity index is 4120. The average Bonchev–Trinajstić information content (AvgIpc) is 3.33. The summed E-state index contributed by atoms with van der Waals surface area (Å²) in [6, 6.07) is 19.5. The van der Waals surface area contributed by atoms with Crippen molar-refractivity contribution in [1.82, 2.24) is 47.5 Å². The normalized spacial score (nSPS) is 17.4. The van der Waals surface area contributed by atoms with E-state index in [1.807, 2.05) is 108 Å². The van der Waals surface area contributed by atoms with Gasteiger partial charge >= 0.3 is 12.1 Å². The number of primary amides is 1. The van der Waals surface area contributed by atoms with E-state index in [1.54, 1.807) is 19.3 Å². The highest BCUT2D eigenvalue weighted by atomic mass is 79.9. The summed E-state index contributed by atoms with van der Waals surface area (Å²) >= 11 is 3.67. The van der Waals surface area contributed by atoms with Crippen LogP contribution >= 0.6 is 15.9 Å². The van der Waals surface area contributed by atoms with Crippen molar-refractivity contribution in [2.24, 2.45) is 5.73 Å². The number of rotatable bonds is 6. The molecule has 0 atom stereocenters. The zero-order valence-corrected chi connectivity index (χ0v) is 48.0. The van der Waals surface area contributed by atoms with Gasteiger partial charge in [-0.25, -0.2) is 19.6 Å². The third-order valence-corrected chi connectivity index (χ3v) is 16.9. The van der Waals surface area contributed by atoms with Crippen molar-refractivity contribution in [2.75, 3.05) is 39.3 Å². The van der Waals surface area contributed by atoms with Crippen molar-refractivity contribution in [3.05, 3.63) is 142 Å². The van der Waals surface area contributed by atoms with Crippen LogP contribution in [0.25, 0.3) is 55.4 Å². The number of carbonyl (C=O) groups is 8. The predicted octanol–water partition coefficient (Wildman–Crippen LogP) is 8.71. The molecule has 0 spiro atoms. The van der Waals surface area contributed by atoms with E-state index in [0.29, 0.717) is 84.2 Å². The Morgan fingerprint density at radius 3 is 1.42 bits per heavy atom. The minimum atomic E-state index is -0.333. The van der Waals surface area contributed by atoms with E-state index < -0.39 is 0 Å². The fraction of sp³-hybridized carbons (Fsp3) is 0.333. The molecule has 20 heteroatoms. The van der Waals surface area contributed by atoms with Crippen LogP contribution in [0.2, 0.25) is 0 Å². The van der Waals surface area contributed by atoms with Crippen molar-refractivity contribution in [3.8, 4) is 0 Å². The van der Waals surface area contributed by atoms with Crippen LogP contribution in [0, 0.1) is 0 Å². The van der Waals surface area contributed by atoms with Gasteiger partial charge in [0.1, 0.15) is 17.1 Å². The fourth-order valence-electron chi connectivity index (χ4n) is 12.9. The van der Waals surface area contributed by atoms with Crippen LogP contribution in [0.15, 0.2) is 102 Å². The first-order valence-electron chi connectivity index (χ1n) is 28.4. The third kappa shape index (κ3) is 10.4. The summed E-state index contributed by atoms with van der Waals surface area (Å²) in [5.74, 6) is -1.09. The second-order valence-corrected chi connectivity index (χ2v) is 23.2. The number of amides is 5. The van der Waals surface area contributed by atoms with Crippen LogP contribution in [0.5, 0.6) is 0 Å². The number of piperidine rings is 2. The number of fused-ring (bicyclic) bond motifs is 2. The smallest absolute Gasteiger partial charge is 0.320 e. The second-order valence-electron chi connectivity index (χ2n) is 22.3. The van der Waals surface area contributed by atoms with Crippen molar-refractivity contribution in [1.29, 1.82) is 0 Å². The Morgan fingerprint density at radius 1 is 0.530 bits per heavy atom. The van der Waals surface area contributed by atoms with E-state index in [4.69, 9.17) is 0 Å². The Hall–Kier alpha value is -8.78. The van der Waals surface area contributed by atoms with E-state index in [1.165, 1.54) is 13.3 Å². The molecule has 2 N–H and O–H groups in total. The minimum Gasteiger partial charge on any atom is -0.370 e. The molecule has 0 saturated carbocycles. The van der Waals surface area contributed by atoms with Gasteiger partial charge in [0.25, 0.3) is 0 Å². The summed E-state index contributed by atoms with van der Waals surface area (Å²) in [4.78, 5) is 118. The number of halogens is 1. The summed E-state index contributed by atoms with van der Waals surface area (Å²) in [6.07, 6.45) is 17.4. The van der Waals surface area contributed by atoms with Gasteiger partial charge in [-0.15, -0.1) is 0 Å². The van der Waals surface area contributed by atoms with Crippen LogP contribution in [0.3, 0.4) is 0 Å². The third-order valence-electron chi connectivity index (χ3n) is 16.5. The van der Waals surface area contributed by atoms with E-state index in [0.717, 1.165) is 112 Å². The van der Waals surface area contributed by atoms with Crippen LogP contribution in [-0.2, 0) is 61.4 Å². The number of Topliss-reactive ketones (excluding diaryl/α,β-unsaturated/α-hetero) is 5. The fourth-order valence-corrected chi connectivity index (χ4v) is 13.4. The molecule has 14 rings (SSSR count). The molecule has 2 aromatic carbocycles. The number of benzene rings is 2. The number of carbonyl (C=O) groups excluding carboxylic acids is 8. The molecule has 8 aromatic rings. The SMILES string of the molecule is CC(=O)Cc1cc2c3c(c1)c(C1=C(c4cnc5ccccn45)C(=O)CC1=O)cn3CCN(C(=O)N1CCCCC1)C2.CC(N)=O.O=C1CC(=O)C(c2cnc3ccccn23)=C1c1cn2c3c(cc(Br)cc13)CN(C(=O)N1CCCCC1)CC2. The average molecular weight is 1180 g/mol. The number of imidazole rings is 2. The Balaban J connectivity index is 0.000000154. The van der Waals surface area contributed by atoms with Crippen LogP contribution < -0.4 is 5.73 Å².